The highest BCUT2D eigenvalue weighted by atomic mass is 32.1. The van der Waals surface area contributed by atoms with E-state index in [-0.39, 0.29) is 47.1 Å². The van der Waals surface area contributed by atoms with E-state index in [4.69, 9.17) is 0 Å². The second-order valence-corrected chi connectivity index (χ2v) is 12.0. The highest BCUT2D eigenvalue weighted by molar-refractivity contribution is 7.14. The number of carbonyl (C=O) groups is 2. The molecule has 2 aliphatic rings. The fourth-order valence-electron chi connectivity index (χ4n) is 5.74. The lowest BCUT2D eigenvalue weighted by Gasteiger charge is -2.46. The molecule has 0 unspecified atom stereocenters. The summed E-state index contributed by atoms with van der Waals surface area (Å²) in [6, 6.07) is 3.17. The Hall–Kier alpha value is -3.85. The first kappa shape index (κ1) is 30.6. The van der Waals surface area contributed by atoms with Gasteiger partial charge in [0.2, 0.25) is 11.3 Å². The van der Waals surface area contributed by atoms with Crippen LogP contribution in [0, 0.1) is 17.6 Å². The van der Waals surface area contributed by atoms with Gasteiger partial charge in [-0.05, 0) is 44.4 Å². The summed E-state index contributed by atoms with van der Waals surface area (Å²) in [5.41, 5.74) is -1.97. The zero-order valence-electron chi connectivity index (χ0n) is 23.4. The second-order valence-electron chi connectivity index (χ2n) is 11.0. The van der Waals surface area contributed by atoms with Crippen molar-refractivity contribution < 1.29 is 32.3 Å². The molecule has 1 aliphatic carbocycles. The van der Waals surface area contributed by atoms with E-state index < -0.39 is 52.8 Å². The molecule has 0 bridgehead atoms. The van der Waals surface area contributed by atoms with Gasteiger partial charge in [0.15, 0.2) is 16.5 Å². The lowest BCUT2D eigenvalue weighted by Crippen LogP contribution is -2.60. The van der Waals surface area contributed by atoms with E-state index in [1.807, 2.05) is 0 Å². The van der Waals surface area contributed by atoms with Crippen LogP contribution in [0.25, 0.3) is 10.6 Å². The van der Waals surface area contributed by atoms with Crippen molar-refractivity contribution in [2.75, 3.05) is 27.2 Å². The van der Waals surface area contributed by atoms with Gasteiger partial charge in [-0.15, -0.1) is 10.2 Å². The lowest BCUT2D eigenvalue weighted by molar-refractivity contribution is -0.138. The summed E-state index contributed by atoms with van der Waals surface area (Å²) in [7, 11) is 3.17. The zero-order valence-corrected chi connectivity index (χ0v) is 24.2. The Kier molecular flexibility index (Phi) is 8.31. The maximum absolute atomic E-state index is 14.0. The molecule has 3 heterocycles. The molecule has 1 saturated heterocycles. The SMILES string of the molecule is CNC1(N(C)C(=O)c2[nH]cc(-c3nnc(Cc4ccc(F)cc4F)s3)c(=O)c2O)CCC(C(=O)N2CCC(F)(F)C2)CC1. The molecule has 2 amide bonds. The molecule has 0 radical (unpaired) electrons. The number of benzene rings is 1. The minimum atomic E-state index is -2.87. The van der Waals surface area contributed by atoms with Crippen LogP contribution in [-0.2, 0) is 11.2 Å². The Morgan fingerprint density at radius 3 is 2.56 bits per heavy atom. The van der Waals surface area contributed by atoms with Gasteiger partial charge >= 0.3 is 0 Å². The molecule has 3 aromatic rings. The van der Waals surface area contributed by atoms with E-state index in [1.54, 1.807) is 7.05 Å². The maximum Gasteiger partial charge on any atom is 0.275 e. The molecule has 2 fully saturated rings. The summed E-state index contributed by atoms with van der Waals surface area (Å²) in [5, 5.41) is 22.3. The number of rotatable bonds is 7. The van der Waals surface area contributed by atoms with Crippen molar-refractivity contribution in [3.63, 3.8) is 0 Å². The molecule has 0 atom stereocenters. The van der Waals surface area contributed by atoms with Gasteiger partial charge in [0.25, 0.3) is 11.8 Å². The molecule has 1 aromatic carbocycles. The Bertz CT molecular complexity index is 1600. The molecule has 43 heavy (non-hydrogen) atoms. The first-order valence-corrected chi connectivity index (χ1v) is 14.5. The van der Waals surface area contributed by atoms with Gasteiger partial charge in [-0.1, -0.05) is 17.4 Å². The third-order valence-electron chi connectivity index (χ3n) is 8.38. The van der Waals surface area contributed by atoms with Gasteiger partial charge < -0.3 is 19.9 Å². The number of aromatic amines is 1. The summed E-state index contributed by atoms with van der Waals surface area (Å²) in [6.45, 7) is -0.558. The number of halogens is 4. The molecule has 5 rings (SSSR count). The first-order chi connectivity index (χ1) is 20.3. The average molecular weight is 623 g/mol. The third kappa shape index (κ3) is 6.00. The van der Waals surface area contributed by atoms with Crippen LogP contribution in [0.3, 0.4) is 0 Å². The van der Waals surface area contributed by atoms with Crippen molar-refractivity contribution in [1.29, 1.82) is 0 Å². The molecular weight excluding hydrogens is 592 g/mol. The van der Waals surface area contributed by atoms with Crippen molar-refractivity contribution in [1.82, 2.24) is 30.3 Å². The number of hydrogen-bond donors (Lipinski definition) is 3. The first-order valence-electron chi connectivity index (χ1n) is 13.7. The average Bonchev–Trinajstić information content (AvgIpc) is 3.60. The Morgan fingerprint density at radius 1 is 1.21 bits per heavy atom. The van der Waals surface area contributed by atoms with Crippen LogP contribution in [-0.4, -0.2) is 80.7 Å². The normalized spacial score (nSPS) is 21.6. The standard InChI is InChI=1S/C28H30F4N6O4S/c1-33-28(7-5-15(6-8-28)25(41)38-10-9-27(31,32)14-38)37(2)26(42)21-23(40)22(39)18(13-34-21)24-36-35-20(43-24)11-16-3-4-17(29)12-19(16)30/h3-4,12-13,15,33,40H,5-11,14H2,1-2H3,(H,34,39). The molecule has 0 spiro atoms. The smallest absolute Gasteiger partial charge is 0.275 e. The van der Waals surface area contributed by atoms with Crippen LogP contribution in [0.4, 0.5) is 17.6 Å². The number of aromatic nitrogens is 3. The number of carbonyl (C=O) groups excluding carboxylic acids is 2. The predicted molar refractivity (Wildman–Crippen MR) is 149 cm³/mol. The number of hydrogen-bond acceptors (Lipinski definition) is 8. The number of nitrogens with one attached hydrogen (secondary N) is 2. The van der Waals surface area contributed by atoms with Crippen molar-refractivity contribution in [3.05, 3.63) is 62.5 Å². The largest absolute Gasteiger partial charge is 0.503 e. The third-order valence-corrected chi connectivity index (χ3v) is 9.34. The molecule has 10 nitrogen and oxygen atoms in total. The van der Waals surface area contributed by atoms with Gasteiger partial charge in [-0.25, -0.2) is 17.6 Å². The predicted octanol–water partition coefficient (Wildman–Crippen LogP) is 3.51. The van der Waals surface area contributed by atoms with Crippen molar-refractivity contribution in [3.8, 4) is 16.3 Å². The van der Waals surface area contributed by atoms with Gasteiger partial charge in [0.05, 0.1) is 17.8 Å². The topological polar surface area (TPSA) is 132 Å². The van der Waals surface area contributed by atoms with Gasteiger partial charge in [0.1, 0.15) is 16.6 Å². The second kappa shape index (κ2) is 11.7. The van der Waals surface area contributed by atoms with E-state index >= 15 is 0 Å². The molecule has 3 N–H and O–H groups in total. The van der Waals surface area contributed by atoms with Crippen LogP contribution in [0.2, 0.25) is 0 Å². The molecule has 2 aromatic heterocycles. The van der Waals surface area contributed by atoms with Crippen molar-refractivity contribution >= 4 is 23.2 Å². The molecular formula is C28H30F4N6O4S. The summed E-state index contributed by atoms with van der Waals surface area (Å²) in [6.07, 6.45) is 2.32. The van der Waals surface area contributed by atoms with Crippen LogP contribution >= 0.6 is 11.3 Å². The quantitative estimate of drug-likeness (QED) is 0.272. The summed E-state index contributed by atoms with van der Waals surface area (Å²) in [4.78, 5) is 44.7. The van der Waals surface area contributed by atoms with Crippen LogP contribution in [0.1, 0.15) is 53.2 Å². The van der Waals surface area contributed by atoms with Crippen LogP contribution in [0.15, 0.2) is 29.2 Å². The van der Waals surface area contributed by atoms with E-state index in [9.17, 15) is 37.1 Å². The van der Waals surface area contributed by atoms with Crippen LogP contribution in [0.5, 0.6) is 5.75 Å². The highest BCUT2D eigenvalue weighted by Crippen LogP contribution is 2.37. The number of H-pyrrole nitrogens is 1. The number of amides is 2. The Morgan fingerprint density at radius 2 is 1.93 bits per heavy atom. The number of pyridine rings is 1. The Balaban J connectivity index is 1.29. The molecule has 1 aliphatic heterocycles. The Labute approximate surface area is 247 Å². The van der Waals surface area contributed by atoms with E-state index in [0.717, 1.165) is 23.5 Å². The van der Waals surface area contributed by atoms with E-state index in [1.165, 1.54) is 29.1 Å². The van der Waals surface area contributed by atoms with Crippen molar-refractivity contribution in [2.24, 2.45) is 5.92 Å². The van der Waals surface area contributed by atoms with Crippen LogP contribution < -0.4 is 10.7 Å². The molecule has 1 saturated carbocycles. The van der Waals surface area contributed by atoms with Crippen molar-refractivity contribution in [2.45, 2.75) is 50.1 Å². The summed E-state index contributed by atoms with van der Waals surface area (Å²) < 4.78 is 54.5. The number of alkyl halides is 2. The monoisotopic (exact) mass is 622 g/mol. The van der Waals surface area contributed by atoms with Gasteiger partial charge in [-0.3, -0.25) is 19.7 Å². The summed E-state index contributed by atoms with van der Waals surface area (Å²) in [5.74, 6) is -6.57. The van der Waals surface area contributed by atoms with E-state index in [2.05, 4.69) is 20.5 Å². The van der Waals surface area contributed by atoms with Gasteiger partial charge in [-0.2, -0.15) is 0 Å². The number of aromatic hydroxyl groups is 1. The minimum absolute atomic E-state index is 0.0120. The highest BCUT2D eigenvalue weighted by Gasteiger charge is 2.46. The lowest BCUT2D eigenvalue weighted by atomic mass is 9.80. The molecule has 15 heteroatoms. The fraction of sp³-hybridized carbons (Fsp3) is 0.464. The summed E-state index contributed by atoms with van der Waals surface area (Å²) >= 11 is 0.983. The van der Waals surface area contributed by atoms with E-state index in [0.29, 0.717) is 30.7 Å². The number of nitrogens with zero attached hydrogens (tertiary/aromatic N) is 4. The minimum Gasteiger partial charge on any atom is -0.503 e. The fourth-order valence-corrected chi connectivity index (χ4v) is 6.62. The maximum atomic E-state index is 14.0. The zero-order chi connectivity index (χ0) is 31.1. The number of likely N-dealkylation sites (tertiary alicyclic amines) is 1. The van der Waals surface area contributed by atoms with Gasteiger partial charge in [0, 0.05) is 44.6 Å². The molecule has 230 valence electrons.